The van der Waals surface area contributed by atoms with Crippen LogP contribution < -0.4 is 5.73 Å². The summed E-state index contributed by atoms with van der Waals surface area (Å²) in [6.45, 7) is 6.69. The monoisotopic (exact) mass is 240 g/mol. The number of hydrogen-bond donors (Lipinski definition) is 1. The Morgan fingerprint density at radius 2 is 1.82 bits per heavy atom. The van der Waals surface area contributed by atoms with Gasteiger partial charge in [0.1, 0.15) is 0 Å². The molecule has 17 heavy (non-hydrogen) atoms. The van der Waals surface area contributed by atoms with E-state index in [9.17, 15) is 0 Å². The molecule has 0 radical (unpaired) electrons. The molecule has 0 aromatic heterocycles. The lowest BCUT2D eigenvalue weighted by molar-refractivity contribution is 0.177. The molecule has 0 aromatic rings. The van der Waals surface area contributed by atoms with Crippen molar-refractivity contribution in [3.05, 3.63) is 0 Å². The lowest BCUT2D eigenvalue weighted by Gasteiger charge is -2.32. The summed E-state index contributed by atoms with van der Waals surface area (Å²) in [6, 6.07) is 0.848. The van der Waals surface area contributed by atoms with Gasteiger partial charge in [-0.3, -0.25) is 0 Å². The average Bonchev–Trinajstić information content (AvgIpc) is 2.34. The molecule has 0 bridgehead atoms. The largest absolute Gasteiger partial charge is 0.330 e. The van der Waals surface area contributed by atoms with E-state index < -0.39 is 0 Å². The van der Waals surface area contributed by atoms with Crippen LogP contribution in [0.15, 0.2) is 0 Å². The van der Waals surface area contributed by atoms with Crippen LogP contribution in [0.25, 0.3) is 0 Å². The van der Waals surface area contributed by atoms with Gasteiger partial charge >= 0.3 is 0 Å². The zero-order valence-corrected chi connectivity index (χ0v) is 12.1. The molecule has 1 rings (SSSR count). The molecule has 0 amide bonds. The molecule has 1 saturated carbocycles. The van der Waals surface area contributed by atoms with Gasteiger partial charge < -0.3 is 10.6 Å². The Kier molecular flexibility index (Phi) is 7.14. The summed E-state index contributed by atoms with van der Waals surface area (Å²) in [5, 5.41) is 0. The molecule has 1 fully saturated rings. The Bertz CT molecular complexity index is 185. The maximum absolute atomic E-state index is 5.87. The van der Waals surface area contributed by atoms with E-state index in [-0.39, 0.29) is 0 Å². The third kappa shape index (κ3) is 5.87. The van der Waals surface area contributed by atoms with E-state index >= 15 is 0 Å². The topological polar surface area (TPSA) is 29.3 Å². The van der Waals surface area contributed by atoms with Gasteiger partial charge in [0.05, 0.1) is 0 Å². The summed E-state index contributed by atoms with van der Waals surface area (Å²) in [5.74, 6) is 1.50. The van der Waals surface area contributed by atoms with Crippen molar-refractivity contribution in [1.29, 1.82) is 0 Å². The Balaban J connectivity index is 2.22. The fourth-order valence-corrected chi connectivity index (χ4v) is 3.09. The van der Waals surface area contributed by atoms with E-state index in [0.717, 1.165) is 24.4 Å². The molecule has 0 heterocycles. The van der Waals surface area contributed by atoms with Gasteiger partial charge in [-0.2, -0.15) is 0 Å². The van der Waals surface area contributed by atoms with Crippen molar-refractivity contribution in [3.63, 3.8) is 0 Å². The Morgan fingerprint density at radius 3 is 2.35 bits per heavy atom. The molecule has 2 nitrogen and oxygen atoms in total. The molecular weight excluding hydrogens is 208 g/mol. The van der Waals surface area contributed by atoms with Crippen molar-refractivity contribution in [2.45, 2.75) is 64.8 Å². The van der Waals surface area contributed by atoms with Crippen LogP contribution in [0.4, 0.5) is 0 Å². The minimum atomic E-state index is 0.723. The smallest absolute Gasteiger partial charge is 0.00922 e. The van der Waals surface area contributed by atoms with Crippen LogP contribution in [0, 0.1) is 11.8 Å². The first-order chi connectivity index (χ1) is 8.13. The van der Waals surface area contributed by atoms with Crippen molar-refractivity contribution in [3.8, 4) is 0 Å². The van der Waals surface area contributed by atoms with Crippen molar-refractivity contribution in [2.24, 2.45) is 17.6 Å². The summed E-state index contributed by atoms with van der Waals surface area (Å²) in [7, 11) is 2.30. The second kappa shape index (κ2) is 8.10. The molecule has 0 aliphatic heterocycles. The SMILES string of the molecule is CC(C)CC(CN)CCN(C)C1CCCCC1. The predicted molar refractivity (Wildman–Crippen MR) is 76.1 cm³/mol. The van der Waals surface area contributed by atoms with Crippen molar-refractivity contribution in [1.82, 2.24) is 4.90 Å². The van der Waals surface area contributed by atoms with Crippen LogP contribution in [0.5, 0.6) is 0 Å². The predicted octanol–water partition coefficient (Wildman–Crippen LogP) is 3.26. The van der Waals surface area contributed by atoms with E-state index in [1.54, 1.807) is 0 Å². The van der Waals surface area contributed by atoms with Gasteiger partial charge in [0, 0.05) is 6.04 Å². The number of rotatable bonds is 7. The van der Waals surface area contributed by atoms with E-state index in [1.807, 2.05) is 0 Å². The Hall–Kier alpha value is -0.0800. The van der Waals surface area contributed by atoms with Crippen LogP contribution in [0.1, 0.15) is 58.8 Å². The number of hydrogen-bond acceptors (Lipinski definition) is 2. The molecule has 0 aromatic carbocycles. The van der Waals surface area contributed by atoms with E-state index in [1.165, 1.54) is 51.5 Å². The fraction of sp³-hybridized carbons (Fsp3) is 1.00. The molecule has 2 heteroatoms. The summed E-state index contributed by atoms with van der Waals surface area (Å²) in [6.07, 6.45) is 9.70. The summed E-state index contributed by atoms with van der Waals surface area (Å²) in [4.78, 5) is 2.59. The quantitative estimate of drug-likeness (QED) is 0.740. The standard InChI is InChI=1S/C15H32N2/c1-13(2)11-14(12-16)9-10-17(3)15-7-5-4-6-8-15/h13-15H,4-12,16H2,1-3H3. The third-order valence-electron chi connectivity index (χ3n) is 4.23. The zero-order valence-electron chi connectivity index (χ0n) is 12.1. The first-order valence-electron chi connectivity index (χ1n) is 7.53. The lowest BCUT2D eigenvalue weighted by atomic mass is 9.92. The van der Waals surface area contributed by atoms with Crippen molar-refractivity contribution >= 4 is 0 Å². The van der Waals surface area contributed by atoms with Gasteiger partial charge in [0.25, 0.3) is 0 Å². The van der Waals surface area contributed by atoms with E-state index in [0.29, 0.717) is 0 Å². The molecule has 2 N–H and O–H groups in total. The molecule has 102 valence electrons. The third-order valence-corrected chi connectivity index (χ3v) is 4.23. The van der Waals surface area contributed by atoms with Gasteiger partial charge in [-0.05, 0) is 57.7 Å². The zero-order chi connectivity index (χ0) is 12.7. The maximum atomic E-state index is 5.87. The molecule has 1 atom stereocenters. The van der Waals surface area contributed by atoms with Gasteiger partial charge in [-0.15, -0.1) is 0 Å². The number of nitrogens with zero attached hydrogens (tertiary/aromatic N) is 1. The Morgan fingerprint density at radius 1 is 1.18 bits per heavy atom. The van der Waals surface area contributed by atoms with E-state index in [4.69, 9.17) is 5.73 Å². The molecule has 1 aliphatic carbocycles. The second-order valence-corrected chi connectivity index (χ2v) is 6.29. The average molecular weight is 240 g/mol. The van der Waals surface area contributed by atoms with Gasteiger partial charge in [-0.25, -0.2) is 0 Å². The molecular formula is C15H32N2. The highest BCUT2D eigenvalue weighted by Gasteiger charge is 2.18. The fourth-order valence-electron chi connectivity index (χ4n) is 3.09. The second-order valence-electron chi connectivity index (χ2n) is 6.29. The summed E-state index contributed by atoms with van der Waals surface area (Å²) < 4.78 is 0. The van der Waals surface area contributed by atoms with Crippen LogP contribution >= 0.6 is 0 Å². The Labute approximate surface area is 108 Å². The van der Waals surface area contributed by atoms with Crippen LogP contribution in [0.3, 0.4) is 0 Å². The number of nitrogens with two attached hydrogens (primary N) is 1. The molecule has 0 saturated heterocycles. The minimum Gasteiger partial charge on any atom is -0.330 e. The van der Waals surface area contributed by atoms with Crippen LogP contribution in [-0.4, -0.2) is 31.1 Å². The van der Waals surface area contributed by atoms with Crippen LogP contribution in [0.2, 0.25) is 0 Å². The lowest BCUT2D eigenvalue weighted by Crippen LogP contribution is -2.35. The first-order valence-corrected chi connectivity index (χ1v) is 7.53. The molecule has 1 aliphatic rings. The summed E-state index contributed by atoms with van der Waals surface area (Å²) >= 11 is 0. The van der Waals surface area contributed by atoms with Gasteiger partial charge in [0.15, 0.2) is 0 Å². The maximum Gasteiger partial charge on any atom is 0.00922 e. The van der Waals surface area contributed by atoms with Crippen molar-refractivity contribution in [2.75, 3.05) is 20.1 Å². The molecule has 1 unspecified atom stereocenters. The van der Waals surface area contributed by atoms with E-state index in [2.05, 4.69) is 25.8 Å². The molecule has 0 spiro atoms. The first kappa shape index (κ1) is 15.0. The minimum absolute atomic E-state index is 0.723. The highest BCUT2D eigenvalue weighted by Crippen LogP contribution is 2.22. The normalized spacial score (nSPS) is 20.1. The highest BCUT2D eigenvalue weighted by atomic mass is 15.1. The van der Waals surface area contributed by atoms with Crippen molar-refractivity contribution < 1.29 is 0 Å². The van der Waals surface area contributed by atoms with Gasteiger partial charge in [0.2, 0.25) is 0 Å². The van der Waals surface area contributed by atoms with Gasteiger partial charge in [-0.1, -0.05) is 33.1 Å². The highest BCUT2D eigenvalue weighted by molar-refractivity contribution is 4.74. The summed E-state index contributed by atoms with van der Waals surface area (Å²) in [5.41, 5.74) is 5.87. The van der Waals surface area contributed by atoms with Crippen LogP contribution in [-0.2, 0) is 0 Å².